The molecule has 4 rings (SSSR count). The molecule has 2 aromatic carbocycles. The third kappa shape index (κ3) is 7.17. The fourth-order valence-electron chi connectivity index (χ4n) is 4.66. The minimum absolute atomic E-state index is 0.0247. The van der Waals surface area contributed by atoms with Crippen LogP contribution >= 0.6 is 11.3 Å². The van der Waals surface area contributed by atoms with E-state index in [1.165, 1.54) is 12.1 Å². The van der Waals surface area contributed by atoms with Crippen molar-refractivity contribution in [2.75, 3.05) is 6.54 Å². The third-order valence-corrected chi connectivity index (χ3v) is 7.82. The van der Waals surface area contributed by atoms with E-state index in [9.17, 15) is 14.0 Å². The molecule has 3 aromatic rings. The number of urea groups is 1. The first-order valence-corrected chi connectivity index (χ1v) is 13.5. The number of nitrogens with one attached hydrogen (secondary N) is 1. The van der Waals surface area contributed by atoms with Crippen molar-refractivity contribution < 1.29 is 14.0 Å². The van der Waals surface area contributed by atoms with E-state index < -0.39 is 0 Å². The number of amides is 3. The number of hydrogen-bond donors (Lipinski definition) is 1. The SMILES string of the molecule is Cc1ccsc1CN(Cc1ccc(F)cc1)C(=O)CN(C(=O)NCc1ccccc1)C1CCCCC1. The van der Waals surface area contributed by atoms with Crippen LogP contribution < -0.4 is 5.32 Å². The lowest BCUT2D eigenvalue weighted by Crippen LogP contribution is -2.51. The van der Waals surface area contributed by atoms with Crippen molar-refractivity contribution in [1.82, 2.24) is 15.1 Å². The van der Waals surface area contributed by atoms with E-state index in [0.717, 1.165) is 53.7 Å². The van der Waals surface area contributed by atoms with Crippen LogP contribution in [0.2, 0.25) is 0 Å². The number of rotatable bonds is 9. The Morgan fingerprint density at radius 2 is 1.67 bits per heavy atom. The highest BCUT2D eigenvalue weighted by molar-refractivity contribution is 7.10. The van der Waals surface area contributed by atoms with Crippen LogP contribution in [-0.4, -0.2) is 34.3 Å². The van der Waals surface area contributed by atoms with Gasteiger partial charge in [-0.2, -0.15) is 0 Å². The molecular weight excluding hydrogens is 473 g/mol. The van der Waals surface area contributed by atoms with E-state index >= 15 is 0 Å². The lowest BCUT2D eigenvalue weighted by molar-refractivity contribution is -0.133. The van der Waals surface area contributed by atoms with Gasteiger partial charge in [0.25, 0.3) is 0 Å². The minimum Gasteiger partial charge on any atom is -0.334 e. The predicted octanol–water partition coefficient (Wildman–Crippen LogP) is 6.27. The van der Waals surface area contributed by atoms with Crippen molar-refractivity contribution in [2.24, 2.45) is 0 Å². The van der Waals surface area contributed by atoms with E-state index in [1.54, 1.807) is 33.3 Å². The lowest BCUT2D eigenvalue weighted by atomic mass is 9.94. The Hall–Kier alpha value is -3.19. The Balaban J connectivity index is 1.51. The van der Waals surface area contributed by atoms with Crippen LogP contribution in [0.25, 0.3) is 0 Å². The summed E-state index contributed by atoms with van der Waals surface area (Å²) < 4.78 is 13.5. The normalized spacial score (nSPS) is 13.8. The number of thiophene rings is 1. The van der Waals surface area contributed by atoms with Gasteiger partial charge >= 0.3 is 6.03 Å². The number of nitrogens with zero attached hydrogens (tertiary/aromatic N) is 2. The van der Waals surface area contributed by atoms with Gasteiger partial charge < -0.3 is 15.1 Å². The summed E-state index contributed by atoms with van der Waals surface area (Å²) in [4.78, 5) is 31.7. The average Bonchev–Trinajstić information content (AvgIpc) is 3.31. The molecule has 1 aliphatic rings. The Morgan fingerprint density at radius 1 is 0.944 bits per heavy atom. The van der Waals surface area contributed by atoms with E-state index in [1.807, 2.05) is 48.7 Å². The van der Waals surface area contributed by atoms with Gasteiger partial charge in [0.1, 0.15) is 12.4 Å². The summed E-state index contributed by atoms with van der Waals surface area (Å²) in [6, 6.07) is 17.9. The van der Waals surface area contributed by atoms with Crippen molar-refractivity contribution >= 4 is 23.3 Å². The average molecular weight is 508 g/mol. The van der Waals surface area contributed by atoms with Crippen LogP contribution in [0.4, 0.5) is 9.18 Å². The largest absolute Gasteiger partial charge is 0.334 e. The molecule has 0 bridgehead atoms. The Labute approximate surface area is 216 Å². The number of carbonyl (C=O) groups excluding carboxylic acids is 2. The maximum Gasteiger partial charge on any atom is 0.318 e. The van der Waals surface area contributed by atoms with Gasteiger partial charge in [0.2, 0.25) is 5.91 Å². The Kier molecular flexibility index (Phi) is 9.11. The van der Waals surface area contributed by atoms with Crippen molar-refractivity contribution in [2.45, 2.75) is 64.7 Å². The molecule has 190 valence electrons. The molecule has 0 radical (unpaired) electrons. The summed E-state index contributed by atoms with van der Waals surface area (Å²) >= 11 is 1.62. The van der Waals surface area contributed by atoms with Gasteiger partial charge in [-0.15, -0.1) is 11.3 Å². The third-order valence-electron chi connectivity index (χ3n) is 6.81. The first-order chi connectivity index (χ1) is 17.5. The smallest absolute Gasteiger partial charge is 0.318 e. The summed E-state index contributed by atoms with van der Waals surface area (Å²) in [5.74, 6) is -0.406. The van der Waals surface area contributed by atoms with E-state index in [2.05, 4.69) is 5.32 Å². The number of benzene rings is 2. The molecule has 0 atom stereocenters. The zero-order valence-electron chi connectivity index (χ0n) is 20.8. The second-order valence-electron chi connectivity index (χ2n) is 9.47. The lowest BCUT2D eigenvalue weighted by Gasteiger charge is -2.35. The highest BCUT2D eigenvalue weighted by atomic mass is 32.1. The van der Waals surface area contributed by atoms with Gasteiger partial charge in [0, 0.05) is 24.0 Å². The second-order valence-corrected chi connectivity index (χ2v) is 10.5. The number of hydrogen-bond acceptors (Lipinski definition) is 3. The molecule has 1 saturated carbocycles. The topological polar surface area (TPSA) is 52.7 Å². The summed E-state index contributed by atoms with van der Waals surface area (Å²) in [6.07, 6.45) is 5.12. The maximum absolute atomic E-state index is 13.7. The summed E-state index contributed by atoms with van der Waals surface area (Å²) in [7, 11) is 0. The van der Waals surface area contributed by atoms with Crippen LogP contribution in [0.1, 0.15) is 53.7 Å². The van der Waals surface area contributed by atoms with Gasteiger partial charge in [-0.25, -0.2) is 9.18 Å². The fraction of sp³-hybridized carbons (Fsp3) is 0.379. The molecule has 1 heterocycles. The maximum atomic E-state index is 13.7. The van der Waals surface area contributed by atoms with Crippen LogP contribution in [0, 0.1) is 12.7 Å². The second kappa shape index (κ2) is 12.7. The van der Waals surface area contributed by atoms with Crippen molar-refractivity contribution in [3.05, 3.63) is 93.4 Å². The van der Waals surface area contributed by atoms with E-state index in [0.29, 0.717) is 19.6 Å². The Morgan fingerprint density at radius 3 is 2.33 bits per heavy atom. The molecule has 1 aliphatic carbocycles. The molecule has 1 N–H and O–H groups in total. The van der Waals surface area contributed by atoms with Gasteiger partial charge in [0.05, 0.1) is 6.54 Å². The predicted molar refractivity (Wildman–Crippen MR) is 142 cm³/mol. The van der Waals surface area contributed by atoms with Crippen LogP contribution in [0.3, 0.4) is 0 Å². The molecule has 0 unspecified atom stereocenters. The zero-order chi connectivity index (χ0) is 25.3. The monoisotopic (exact) mass is 507 g/mol. The molecule has 1 aromatic heterocycles. The Bertz CT molecular complexity index is 1130. The molecule has 0 aliphatic heterocycles. The van der Waals surface area contributed by atoms with Crippen molar-refractivity contribution in [3.63, 3.8) is 0 Å². The summed E-state index contributed by atoms with van der Waals surface area (Å²) in [6.45, 7) is 3.31. The minimum atomic E-state index is -0.302. The number of aryl methyl sites for hydroxylation is 1. The zero-order valence-corrected chi connectivity index (χ0v) is 21.6. The quantitative estimate of drug-likeness (QED) is 0.371. The summed E-state index contributed by atoms with van der Waals surface area (Å²) in [5.41, 5.74) is 3.02. The van der Waals surface area contributed by atoms with Crippen LogP contribution in [0.5, 0.6) is 0 Å². The molecular formula is C29H34FN3O2S. The van der Waals surface area contributed by atoms with Crippen LogP contribution in [0.15, 0.2) is 66.0 Å². The molecule has 0 saturated heterocycles. The van der Waals surface area contributed by atoms with Gasteiger partial charge in [-0.05, 0) is 60.0 Å². The molecule has 0 spiro atoms. The van der Waals surface area contributed by atoms with Gasteiger partial charge in [-0.1, -0.05) is 61.7 Å². The highest BCUT2D eigenvalue weighted by Gasteiger charge is 2.29. The highest BCUT2D eigenvalue weighted by Crippen LogP contribution is 2.24. The fourth-order valence-corrected chi connectivity index (χ4v) is 5.58. The van der Waals surface area contributed by atoms with Crippen molar-refractivity contribution in [1.29, 1.82) is 0 Å². The first-order valence-electron chi connectivity index (χ1n) is 12.6. The van der Waals surface area contributed by atoms with Gasteiger partial charge in [0.15, 0.2) is 0 Å². The number of carbonyl (C=O) groups is 2. The molecule has 1 fully saturated rings. The van der Waals surface area contributed by atoms with Crippen LogP contribution in [-0.2, 0) is 24.4 Å². The van der Waals surface area contributed by atoms with E-state index in [-0.39, 0.29) is 30.3 Å². The van der Waals surface area contributed by atoms with Crippen molar-refractivity contribution in [3.8, 4) is 0 Å². The molecule has 7 heteroatoms. The number of halogens is 1. The summed E-state index contributed by atoms with van der Waals surface area (Å²) in [5, 5.41) is 5.05. The van der Waals surface area contributed by atoms with E-state index in [4.69, 9.17) is 0 Å². The molecule has 5 nitrogen and oxygen atoms in total. The molecule has 3 amide bonds. The molecule has 36 heavy (non-hydrogen) atoms. The van der Waals surface area contributed by atoms with Gasteiger partial charge in [-0.3, -0.25) is 4.79 Å². The first kappa shape index (κ1) is 25.9. The standard InChI is InChI=1S/C29H34FN3O2S/c1-22-16-17-36-27(22)20-32(19-24-12-14-25(30)15-13-24)28(34)21-33(26-10-6-3-7-11-26)29(35)31-18-23-8-4-2-5-9-23/h2,4-5,8-9,12-17,26H,3,6-7,10-11,18-21H2,1H3,(H,31,35).